The third-order valence-corrected chi connectivity index (χ3v) is 4.06. The highest BCUT2D eigenvalue weighted by molar-refractivity contribution is 5.89. The molecule has 0 amide bonds. The van der Waals surface area contributed by atoms with Crippen LogP contribution in [0.3, 0.4) is 0 Å². The molecule has 1 saturated heterocycles. The van der Waals surface area contributed by atoms with Gasteiger partial charge in [0.15, 0.2) is 5.79 Å². The lowest BCUT2D eigenvalue weighted by Gasteiger charge is -2.27. The van der Waals surface area contributed by atoms with Crippen molar-refractivity contribution in [1.82, 2.24) is 0 Å². The summed E-state index contributed by atoms with van der Waals surface area (Å²) in [5, 5.41) is 0. The van der Waals surface area contributed by atoms with Crippen LogP contribution >= 0.6 is 0 Å². The molecule has 1 heterocycles. The van der Waals surface area contributed by atoms with Crippen molar-refractivity contribution in [1.29, 1.82) is 0 Å². The molecule has 0 aromatic heterocycles. The van der Waals surface area contributed by atoms with Gasteiger partial charge in [-0.05, 0) is 44.2 Å². The molecule has 0 spiro atoms. The molecule has 1 aliphatic rings. The fourth-order valence-corrected chi connectivity index (χ4v) is 2.82. The molecule has 4 nitrogen and oxygen atoms in total. The molecule has 0 saturated carbocycles. The van der Waals surface area contributed by atoms with Crippen molar-refractivity contribution in [2.75, 3.05) is 13.2 Å². The fourth-order valence-electron chi connectivity index (χ4n) is 2.82. The first-order valence-corrected chi connectivity index (χ1v) is 7.93. The largest absolute Gasteiger partial charge is 0.462 e. The van der Waals surface area contributed by atoms with E-state index in [1.807, 2.05) is 32.0 Å². The van der Waals surface area contributed by atoms with Gasteiger partial charge < -0.3 is 14.2 Å². The van der Waals surface area contributed by atoms with Crippen molar-refractivity contribution in [3.8, 4) is 0 Å². The first kappa shape index (κ1) is 17.0. The number of carbonyl (C=O) groups excluding carboxylic acids is 1. The topological polar surface area (TPSA) is 44.8 Å². The number of hydrogen-bond acceptors (Lipinski definition) is 4. The van der Waals surface area contributed by atoms with Gasteiger partial charge in [0.2, 0.25) is 0 Å². The zero-order chi connectivity index (χ0) is 16.2. The Morgan fingerprint density at radius 1 is 1.32 bits per heavy atom. The number of esters is 1. The second-order valence-electron chi connectivity index (χ2n) is 6.57. The van der Waals surface area contributed by atoms with Crippen molar-refractivity contribution in [2.45, 2.75) is 46.0 Å². The maximum absolute atomic E-state index is 11.9. The lowest BCUT2D eigenvalue weighted by molar-refractivity contribution is -0.147. The van der Waals surface area contributed by atoms with Gasteiger partial charge in [0.1, 0.15) is 0 Å². The van der Waals surface area contributed by atoms with Crippen molar-refractivity contribution in [3.05, 3.63) is 35.9 Å². The van der Waals surface area contributed by atoms with Crippen molar-refractivity contribution < 1.29 is 19.0 Å². The minimum absolute atomic E-state index is 0.0606. The van der Waals surface area contributed by atoms with Gasteiger partial charge in [-0.2, -0.15) is 0 Å². The van der Waals surface area contributed by atoms with Crippen LogP contribution in [-0.2, 0) is 14.2 Å². The molecule has 0 radical (unpaired) electrons. The van der Waals surface area contributed by atoms with E-state index in [2.05, 4.69) is 13.8 Å². The average Bonchev–Trinajstić information content (AvgIpc) is 2.83. The Bertz CT molecular complexity index is 481. The van der Waals surface area contributed by atoms with E-state index in [-0.39, 0.29) is 12.1 Å². The van der Waals surface area contributed by atoms with Gasteiger partial charge in [0.05, 0.1) is 24.9 Å². The Balaban J connectivity index is 1.84. The zero-order valence-corrected chi connectivity index (χ0v) is 13.9. The number of carbonyl (C=O) groups is 1. The molecule has 4 heteroatoms. The molecule has 1 fully saturated rings. The van der Waals surface area contributed by atoms with E-state index in [4.69, 9.17) is 14.2 Å². The van der Waals surface area contributed by atoms with Crippen LogP contribution in [0.5, 0.6) is 0 Å². The van der Waals surface area contributed by atoms with Crippen LogP contribution in [0.4, 0.5) is 0 Å². The molecule has 0 N–H and O–H groups in total. The second-order valence-corrected chi connectivity index (χ2v) is 6.57. The lowest BCUT2D eigenvalue weighted by atomic mass is 9.88. The first-order valence-electron chi connectivity index (χ1n) is 7.93. The summed E-state index contributed by atoms with van der Waals surface area (Å²) in [5.74, 6) is -0.0336. The Morgan fingerprint density at radius 3 is 2.55 bits per heavy atom. The lowest BCUT2D eigenvalue weighted by Crippen LogP contribution is -2.31. The third kappa shape index (κ3) is 4.55. The quantitative estimate of drug-likeness (QED) is 0.752. The SMILES string of the molecule is CC(C)[C@@H](CCOC(=O)c1ccccc1)[C@@H]1COC(C)(C)O1. The van der Waals surface area contributed by atoms with Crippen molar-refractivity contribution in [3.63, 3.8) is 0 Å². The summed E-state index contributed by atoms with van der Waals surface area (Å²) >= 11 is 0. The van der Waals surface area contributed by atoms with Crippen molar-refractivity contribution >= 4 is 5.97 Å². The number of rotatable bonds is 6. The van der Waals surface area contributed by atoms with Crippen LogP contribution < -0.4 is 0 Å². The summed E-state index contributed by atoms with van der Waals surface area (Å²) in [6.07, 6.45) is 0.839. The molecule has 2 atom stereocenters. The summed E-state index contributed by atoms with van der Waals surface area (Å²) in [6, 6.07) is 9.07. The van der Waals surface area contributed by atoms with Crippen LogP contribution in [0.25, 0.3) is 0 Å². The van der Waals surface area contributed by atoms with E-state index in [1.165, 1.54) is 0 Å². The summed E-state index contributed by atoms with van der Waals surface area (Å²) in [7, 11) is 0. The van der Waals surface area contributed by atoms with Crippen LogP contribution in [0.15, 0.2) is 30.3 Å². The highest BCUT2D eigenvalue weighted by atomic mass is 16.7. The van der Waals surface area contributed by atoms with E-state index in [1.54, 1.807) is 12.1 Å². The van der Waals surface area contributed by atoms with Gasteiger partial charge in [-0.25, -0.2) is 4.79 Å². The van der Waals surface area contributed by atoms with Gasteiger partial charge in [-0.1, -0.05) is 32.0 Å². The Labute approximate surface area is 132 Å². The zero-order valence-electron chi connectivity index (χ0n) is 13.9. The summed E-state index contributed by atoms with van der Waals surface area (Å²) in [4.78, 5) is 11.9. The number of ether oxygens (including phenoxy) is 3. The van der Waals surface area contributed by atoms with Gasteiger partial charge in [0, 0.05) is 0 Å². The van der Waals surface area contributed by atoms with Crippen LogP contribution in [0.1, 0.15) is 44.5 Å². The summed E-state index contributed by atoms with van der Waals surface area (Å²) < 4.78 is 17.0. The van der Waals surface area contributed by atoms with Crippen LogP contribution in [0, 0.1) is 11.8 Å². The Hall–Kier alpha value is -1.39. The highest BCUT2D eigenvalue weighted by Crippen LogP contribution is 2.32. The molecule has 2 rings (SSSR count). The summed E-state index contributed by atoms with van der Waals surface area (Å²) in [6.45, 7) is 9.19. The Morgan fingerprint density at radius 2 is 2.00 bits per heavy atom. The molecule has 122 valence electrons. The standard InChI is InChI=1S/C18H26O4/c1-13(2)15(16-12-21-18(3,4)22-16)10-11-20-17(19)14-8-6-5-7-9-14/h5-9,13,15-16H,10-12H2,1-4H3/t15-,16+/m1/s1. The normalized spacial score (nSPS) is 21.8. The van der Waals surface area contributed by atoms with Crippen molar-refractivity contribution in [2.24, 2.45) is 11.8 Å². The predicted octanol–water partition coefficient (Wildman–Crippen LogP) is 3.66. The minimum Gasteiger partial charge on any atom is -0.462 e. The maximum atomic E-state index is 11.9. The number of hydrogen-bond donors (Lipinski definition) is 0. The van der Waals surface area contributed by atoms with E-state index < -0.39 is 5.79 Å². The monoisotopic (exact) mass is 306 g/mol. The van der Waals surface area contributed by atoms with Gasteiger partial charge in [0.25, 0.3) is 0 Å². The second kappa shape index (κ2) is 7.25. The van der Waals surface area contributed by atoms with E-state index in [0.717, 1.165) is 6.42 Å². The van der Waals surface area contributed by atoms with Gasteiger partial charge in [-0.3, -0.25) is 0 Å². The average molecular weight is 306 g/mol. The van der Waals surface area contributed by atoms with E-state index >= 15 is 0 Å². The van der Waals surface area contributed by atoms with Crippen LogP contribution in [-0.4, -0.2) is 31.1 Å². The minimum atomic E-state index is -0.515. The van der Waals surface area contributed by atoms with E-state index in [9.17, 15) is 4.79 Å². The molecule has 1 aromatic rings. The molecule has 0 bridgehead atoms. The Kier molecular flexibility index (Phi) is 5.59. The molecule has 0 unspecified atom stereocenters. The molecule has 0 aliphatic carbocycles. The maximum Gasteiger partial charge on any atom is 0.338 e. The molecular formula is C18H26O4. The first-order chi connectivity index (χ1) is 10.4. The van der Waals surface area contributed by atoms with E-state index in [0.29, 0.717) is 30.6 Å². The molecule has 1 aliphatic heterocycles. The number of benzene rings is 1. The van der Waals surface area contributed by atoms with Gasteiger partial charge >= 0.3 is 5.97 Å². The highest BCUT2D eigenvalue weighted by Gasteiger charge is 2.38. The van der Waals surface area contributed by atoms with Crippen LogP contribution in [0.2, 0.25) is 0 Å². The third-order valence-electron chi connectivity index (χ3n) is 4.06. The predicted molar refractivity (Wildman–Crippen MR) is 84.6 cm³/mol. The fraction of sp³-hybridized carbons (Fsp3) is 0.611. The molecule has 22 heavy (non-hydrogen) atoms. The molecule has 1 aromatic carbocycles. The van der Waals surface area contributed by atoms with Gasteiger partial charge in [-0.15, -0.1) is 0 Å². The smallest absolute Gasteiger partial charge is 0.338 e. The summed E-state index contributed by atoms with van der Waals surface area (Å²) in [5.41, 5.74) is 0.588. The molecular weight excluding hydrogens is 280 g/mol.